The van der Waals surface area contributed by atoms with Gasteiger partial charge >= 0.3 is 0 Å². The summed E-state index contributed by atoms with van der Waals surface area (Å²) in [6.07, 6.45) is 1.95. The molecule has 55 heavy (non-hydrogen) atoms. The molecule has 0 saturated carbocycles. The number of nitrogens with zero attached hydrogens (tertiary/aromatic N) is 4. The van der Waals surface area contributed by atoms with Gasteiger partial charge in [0, 0.05) is 45.3 Å². The van der Waals surface area contributed by atoms with Crippen LogP contribution in [-0.2, 0) is 0 Å². The third kappa shape index (κ3) is 5.47. The molecular weight excluding hydrogens is 677 g/mol. The van der Waals surface area contributed by atoms with Crippen LogP contribution in [0.4, 0.5) is 17.1 Å². The lowest BCUT2D eigenvalue weighted by molar-refractivity contribution is 0.619. The SMILES string of the molecule is c1ccc2cc(-c3ccc4c(ccc5cc(N(c6ccc(-c7nc8ccccc8o7)cc6)c6ccc(-c7nc8ccccc8o7)cc6)ccc54)c3)ncc2c1. The van der Waals surface area contributed by atoms with Crippen LogP contribution in [0.5, 0.6) is 0 Å². The van der Waals surface area contributed by atoms with Gasteiger partial charge in [-0.3, -0.25) is 4.98 Å². The van der Waals surface area contributed by atoms with E-state index in [1.165, 1.54) is 21.5 Å². The molecule has 11 aromatic rings. The first-order chi connectivity index (χ1) is 27.2. The lowest BCUT2D eigenvalue weighted by Gasteiger charge is -2.26. The van der Waals surface area contributed by atoms with Crippen molar-refractivity contribution in [3.8, 4) is 34.2 Å². The van der Waals surface area contributed by atoms with Crippen LogP contribution >= 0.6 is 0 Å². The fraction of sp³-hybridized carbons (Fsp3) is 0. The minimum atomic E-state index is 0.596. The molecule has 0 bridgehead atoms. The topological polar surface area (TPSA) is 68.2 Å². The Labute approximate surface area is 315 Å². The van der Waals surface area contributed by atoms with Crippen molar-refractivity contribution in [2.45, 2.75) is 0 Å². The van der Waals surface area contributed by atoms with Gasteiger partial charge in [-0.05, 0) is 124 Å². The molecule has 258 valence electrons. The van der Waals surface area contributed by atoms with Crippen LogP contribution in [0.15, 0.2) is 191 Å². The first kappa shape index (κ1) is 31.0. The minimum absolute atomic E-state index is 0.596. The number of fused-ring (bicyclic) bond motifs is 6. The van der Waals surface area contributed by atoms with E-state index in [1.807, 2.05) is 60.8 Å². The van der Waals surface area contributed by atoms with Gasteiger partial charge in [0.15, 0.2) is 11.2 Å². The van der Waals surface area contributed by atoms with Gasteiger partial charge in [0.25, 0.3) is 0 Å². The monoisotopic (exact) mass is 706 g/mol. The van der Waals surface area contributed by atoms with Crippen molar-refractivity contribution in [3.63, 3.8) is 0 Å². The molecule has 6 heteroatoms. The molecule has 0 N–H and O–H groups in total. The van der Waals surface area contributed by atoms with Crippen LogP contribution in [0.1, 0.15) is 0 Å². The summed E-state index contributed by atoms with van der Waals surface area (Å²) in [4.78, 5) is 16.5. The number of pyridine rings is 1. The highest BCUT2D eigenvalue weighted by atomic mass is 16.4. The molecule has 0 unspecified atom stereocenters. The van der Waals surface area contributed by atoms with E-state index in [0.29, 0.717) is 11.8 Å². The Hall–Kier alpha value is -7.57. The maximum atomic E-state index is 6.09. The molecule has 0 aliphatic heterocycles. The van der Waals surface area contributed by atoms with E-state index < -0.39 is 0 Å². The molecule has 6 nitrogen and oxygen atoms in total. The number of anilines is 3. The van der Waals surface area contributed by atoms with Crippen LogP contribution < -0.4 is 4.90 Å². The van der Waals surface area contributed by atoms with E-state index in [4.69, 9.17) is 23.8 Å². The Balaban J connectivity index is 0.984. The van der Waals surface area contributed by atoms with Crippen molar-refractivity contribution in [3.05, 3.63) is 182 Å². The molecule has 8 aromatic carbocycles. The number of para-hydroxylation sites is 4. The maximum Gasteiger partial charge on any atom is 0.227 e. The van der Waals surface area contributed by atoms with Gasteiger partial charge in [-0.2, -0.15) is 0 Å². The predicted octanol–water partition coefficient (Wildman–Crippen LogP) is 13.3. The Bertz CT molecular complexity index is 3030. The highest BCUT2D eigenvalue weighted by molar-refractivity contribution is 6.09. The smallest absolute Gasteiger partial charge is 0.227 e. The van der Waals surface area contributed by atoms with Crippen LogP contribution in [0.2, 0.25) is 0 Å². The molecule has 0 atom stereocenters. The predicted molar refractivity (Wildman–Crippen MR) is 223 cm³/mol. The third-order valence-corrected chi connectivity index (χ3v) is 10.3. The highest BCUT2D eigenvalue weighted by Gasteiger charge is 2.17. The molecule has 0 saturated heterocycles. The zero-order valence-electron chi connectivity index (χ0n) is 29.4. The Morgan fingerprint density at radius 3 is 1.51 bits per heavy atom. The maximum absolute atomic E-state index is 6.09. The van der Waals surface area contributed by atoms with Gasteiger partial charge in [-0.25, -0.2) is 9.97 Å². The normalized spacial score (nSPS) is 11.6. The lowest BCUT2D eigenvalue weighted by Crippen LogP contribution is -2.09. The van der Waals surface area contributed by atoms with Gasteiger partial charge in [-0.1, -0.05) is 78.9 Å². The van der Waals surface area contributed by atoms with Gasteiger partial charge in [0.2, 0.25) is 11.8 Å². The number of benzene rings is 8. The fourth-order valence-corrected chi connectivity index (χ4v) is 7.54. The molecule has 0 aliphatic carbocycles. The average molecular weight is 707 g/mol. The molecule has 0 aliphatic rings. The summed E-state index contributed by atoms with van der Waals surface area (Å²) in [5.41, 5.74) is 10.2. The Kier molecular flexibility index (Phi) is 7.07. The van der Waals surface area contributed by atoms with Crippen molar-refractivity contribution < 1.29 is 8.83 Å². The third-order valence-electron chi connectivity index (χ3n) is 10.3. The summed E-state index contributed by atoms with van der Waals surface area (Å²) in [7, 11) is 0. The van der Waals surface area contributed by atoms with E-state index >= 15 is 0 Å². The first-order valence-electron chi connectivity index (χ1n) is 18.2. The van der Waals surface area contributed by atoms with E-state index in [2.05, 4.69) is 126 Å². The molecule has 0 fully saturated rings. The molecular formula is C49H30N4O2. The minimum Gasteiger partial charge on any atom is -0.436 e. The number of rotatable bonds is 6. The zero-order chi connectivity index (χ0) is 36.3. The summed E-state index contributed by atoms with van der Waals surface area (Å²) >= 11 is 0. The van der Waals surface area contributed by atoms with E-state index in [1.54, 1.807) is 0 Å². The van der Waals surface area contributed by atoms with Crippen molar-refractivity contribution in [1.82, 2.24) is 15.0 Å². The van der Waals surface area contributed by atoms with Crippen molar-refractivity contribution in [1.29, 1.82) is 0 Å². The summed E-state index contributed by atoms with van der Waals surface area (Å²) in [6.45, 7) is 0. The number of aromatic nitrogens is 3. The quantitative estimate of drug-likeness (QED) is 0.160. The molecule has 3 aromatic heterocycles. The molecule has 11 rings (SSSR count). The van der Waals surface area contributed by atoms with Crippen molar-refractivity contribution >= 4 is 71.6 Å². The lowest BCUT2D eigenvalue weighted by atomic mass is 9.98. The number of hydrogen-bond acceptors (Lipinski definition) is 6. The molecule has 0 spiro atoms. The first-order valence-corrected chi connectivity index (χ1v) is 18.2. The van der Waals surface area contributed by atoms with Gasteiger partial charge in [0.05, 0.1) is 5.69 Å². The van der Waals surface area contributed by atoms with E-state index in [0.717, 1.165) is 72.4 Å². The summed E-state index contributed by atoms with van der Waals surface area (Å²) in [5.74, 6) is 1.19. The standard InChI is InChI=1S/C49H30N4O2/c1-2-8-37-30-50-45(29-33(37)7-1)36-19-25-41-34(27-36)13-14-35-28-40(24-26-42(35)41)53(38-20-15-31(16-21-38)48-51-43-9-3-5-11-46(43)54-48)39-22-17-32(18-23-39)49-52-44-10-4-6-12-47(44)55-49/h1-30H. The second-order valence-corrected chi connectivity index (χ2v) is 13.7. The fourth-order valence-electron chi connectivity index (χ4n) is 7.54. The summed E-state index contributed by atoms with van der Waals surface area (Å²) < 4.78 is 12.2. The second-order valence-electron chi connectivity index (χ2n) is 13.7. The second kappa shape index (κ2) is 12.5. The highest BCUT2D eigenvalue weighted by Crippen LogP contribution is 2.40. The Morgan fingerprint density at radius 1 is 0.382 bits per heavy atom. The van der Waals surface area contributed by atoms with Crippen molar-refractivity contribution in [2.24, 2.45) is 0 Å². The van der Waals surface area contributed by atoms with Gasteiger partial charge < -0.3 is 13.7 Å². The summed E-state index contributed by atoms with van der Waals surface area (Å²) in [5, 5.41) is 7.04. The molecule has 3 heterocycles. The van der Waals surface area contributed by atoms with Crippen LogP contribution in [0, 0.1) is 0 Å². The van der Waals surface area contributed by atoms with E-state index in [9.17, 15) is 0 Å². The molecule has 0 radical (unpaired) electrons. The number of oxazole rings is 2. The van der Waals surface area contributed by atoms with Crippen LogP contribution in [0.25, 0.3) is 88.7 Å². The Morgan fingerprint density at radius 2 is 0.891 bits per heavy atom. The van der Waals surface area contributed by atoms with E-state index in [-0.39, 0.29) is 0 Å². The number of hydrogen-bond donors (Lipinski definition) is 0. The van der Waals surface area contributed by atoms with Crippen LogP contribution in [0.3, 0.4) is 0 Å². The average Bonchev–Trinajstić information content (AvgIpc) is 3.89. The largest absolute Gasteiger partial charge is 0.436 e. The van der Waals surface area contributed by atoms with Crippen molar-refractivity contribution in [2.75, 3.05) is 4.90 Å². The van der Waals surface area contributed by atoms with Gasteiger partial charge in [0.1, 0.15) is 11.0 Å². The van der Waals surface area contributed by atoms with Crippen LogP contribution in [-0.4, -0.2) is 15.0 Å². The van der Waals surface area contributed by atoms with Gasteiger partial charge in [-0.15, -0.1) is 0 Å². The summed E-state index contributed by atoms with van der Waals surface area (Å²) in [6, 6.07) is 60.7. The zero-order valence-corrected chi connectivity index (χ0v) is 29.4. The molecule has 0 amide bonds.